The zero-order chi connectivity index (χ0) is 15.9. The van der Waals surface area contributed by atoms with E-state index in [1.54, 1.807) is 17.4 Å². The number of rotatable bonds is 0. The number of carbonyl (C=O) groups excluding carboxylic acids is 1. The van der Waals surface area contributed by atoms with Crippen LogP contribution in [0.4, 0.5) is 0 Å². The minimum atomic E-state index is -0.497. The molecule has 3 atom stereocenters. The summed E-state index contributed by atoms with van der Waals surface area (Å²) in [5, 5.41) is 2.04. The van der Waals surface area contributed by atoms with Crippen LogP contribution in [0.25, 0.3) is 0 Å². The molecule has 0 saturated carbocycles. The fourth-order valence-corrected chi connectivity index (χ4v) is 4.84. The van der Waals surface area contributed by atoms with Crippen LogP contribution in [0.1, 0.15) is 37.5 Å². The van der Waals surface area contributed by atoms with E-state index in [-0.39, 0.29) is 11.9 Å². The Hall–Kier alpha value is -1.57. The summed E-state index contributed by atoms with van der Waals surface area (Å²) in [5.74, 6) is 6.63. The van der Waals surface area contributed by atoms with Crippen molar-refractivity contribution in [2.75, 3.05) is 13.1 Å². The van der Waals surface area contributed by atoms with Gasteiger partial charge in [-0.1, -0.05) is 24.3 Å². The number of fused-ring (bicyclic) bond motifs is 3. The Morgan fingerprint density at radius 2 is 2.26 bits per heavy atom. The van der Waals surface area contributed by atoms with E-state index < -0.39 is 5.60 Å². The quantitative estimate of drug-likeness (QED) is 0.541. The lowest BCUT2D eigenvalue weighted by molar-refractivity contribution is -0.151. The number of esters is 1. The monoisotopic (exact) mass is 327 g/mol. The molecule has 0 aliphatic carbocycles. The molecule has 3 nitrogen and oxygen atoms in total. The Kier molecular flexibility index (Phi) is 3.79. The van der Waals surface area contributed by atoms with E-state index in [4.69, 9.17) is 4.74 Å². The van der Waals surface area contributed by atoms with Crippen LogP contribution >= 0.6 is 11.3 Å². The van der Waals surface area contributed by atoms with Gasteiger partial charge < -0.3 is 4.74 Å². The molecule has 4 heterocycles. The van der Waals surface area contributed by atoms with Gasteiger partial charge in [0, 0.05) is 18.5 Å². The maximum atomic E-state index is 12.0. The van der Waals surface area contributed by atoms with Crippen molar-refractivity contribution >= 4 is 17.3 Å². The van der Waals surface area contributed by atoms with Gasteiger partial charge in [-0.25, -0.2) is 4.79 Å². The van der Waals surface area contributed by atoms with E-state index in [2.05, 4.69) is 23.7 Å². The highest BCUT2D eigenvalue weighted by atomic mass is 32.1. The van der Waals surface area contributed by atoms with Gasteiger partial charge in [0.1, 0.15) is 5.60 Å². The van der Waals surface area contributed by atoms with Gasteiger partial charge in [-0.2, -0.15) is 0 Å². The number of piperidine rings is 1. The molecule has 0 aromatic carbocycles. The first-order valence-electron chi connectivity index (χ1n) is 8.41. The minimum absolute atomic E-state index is 0.110. The van der Waals surface area contributed by atoms with Gasteiger partial charge in [0.2, 0.25) is 0 Å². The predicted molar refractivity (Wildman–Crippen MR) is 91.1 cm³/mol. The van der Waals surface area contributed by atoms with Crippen LogP contribution in [0.15, 0.2) is 29.2 Å². The fourth-order valence-electron chi connectivity index (χ4n) is 4.27. The smallest absolute Gasteiger partial charge is 0.331 e. The van der Waals surface area contributed by atoms with Gasteiger partial charge in [0.05, 0.1) is 10.9 Å². The molecule has 1 aromatic heterocycles. The van der Waals surface area contributed by atoms with Crippen LogP contribution in [-0.4, -0.2) is 35.6 Å². The molecule has 1 aromatic rings. The number of carbonyl (C=O) groups is 1. The molecule has 3 aliphatic heterocycles. The number of hydrogen-bond acceptors (Lipinski definition) is 4. The lowest BCUT2D eigenvalue weighted by Gasteiger charge is -2.43. The molecule has 3 aliphatic rings. The van der Waals surface area contributed by atoms with Crippen LogP contribution < -0.4 is 0 Å². The lowest BCUT2D eigenvalue weighted by Crippen LogP contribution is -2.53. The van der Waals surface area contributed by atoms with Crippen molar-refractivity contribution < 1.29 is 9.53 Å². The molecule has 2 unspecified atom stereocenters. The largest absolute Gasteiger partial charge is 0.450 e. The third kappa shape index (κ3) is 2.62. The van der Waals surface area contributed by atoms with Crippen LogP contribution in [0.5, 0.6) is 0 Å². The SMILES string of the molecule is C[C@]12OC(=O)C=C1C(C#Cc1cccs1)CCN1CCCCC12. The fraction of sp³-hybridized carbons (Fsp3) is 0.526. The molecule has 2 fully saturated rings. The molecule has 23 heavy (non-hydrogen) atoms. The Bertz CT molecular complexity index is 697. The molecule has 0 spiro atoms. The summed E-state index contributed by atoms with van der Waals surface area (Å²) in [6, 6.07) is 4.37. The molecule has 0 radical (unpaired) electrons. The number of hydrogen-bond donors (Lipinski definition) is 0. The Balaban J connectivity index is 1.70. The zero-order valence-corrected chi connectivity index (χ0v) is 14.2. The van der Waals surface area contributed by atoms with Crippen molar-refractivity contribution in [2.45, 2.75) is 44.2 Å². The minimum Gasteiger partial charge on any atom is -0.450 e. The molecular weight excluding hydrogens is 306 g/mol. The molecule has 4 rings (SSSR count). The summed E-state index contributed by atoms with van der Waals surface area (Å²) in [7, 11) is 0. The van der Waals surface area contributed by atoms with E-state index in [9.17, 15) is 4.79 Å². The molecular formula is C19H21NO2S. The van der Waals surface area contributed by atoms with Gasteiger partial charge in [0.15, 0.2) is 0 Å². The summed E-state index contributed by atoms with van der Waals surface area (Å²) >= 11 is 1.66. The van der Waals surface area contributed by atoms with E-state index in [0.29, 0.717) is 6.04 Å². The van der Waals surface area contributed by atoms with Crippen LogP contribution in [0.3, 0.4) is 0 Å². The number of ether oxygens (including phenoxy) is 1. The molecule has 0 bridgehead atoms. The van der Waals surface area contributed by atoms with Crippen LogP contribution in [0.2, 0.25) is 0 Å². The highest BCUT2D eigenvalue weighted by Gasteiger charge is 2.52. The molecule has 120 valence electrons. The standard InChI is InChI=1S/C19H21NO2S/c1-19-16(13-18(21)22-19)14(7-8-15-5-4-12-23-15)9-11-20-10-3-2-6-17(19)20/h4-5,12-14,17H,2-3,6,9-11H2,1H3/t14?,17?,19-/m0/s1. The van der Waals surface area contributed by atoms with Crippen molar-refractivity contribution in [1.82, 2.24) is 4.90 Å². The zero-order valence-electron chi connectivity index (χ0n) is 13.4. The summed E-state index contributed by atoms with van der Waals surface area (Å²) in [6.45, 7) is 4.24. The molecule has 2 saturated heterocycles. The number of thiophene rings is 1. The van der Waals surface area contributed by atoms with Crippen LogP contribution in [-0.2, 0) is 9.53 Å². The van der Waals surface area contributed by atoms with Gasteiger partial charge in [-0.3, -0.25) is 4.90 Å². The van der Waals surface area contributed by atoms with Crippen LogP contribution in [0, 0.1) is 17.8 Å². The summed E-state index contributed by atoms with van der Waals surface area (Å²) < 4.78 is 5.83. The Labute approximate surface area is 141 Å². The average Bonchev–Trinajstić information content (AvgIpc) is 3.14. The third-order valence-electron chi connectivity index (χ3n) is 5.38. The summed E-state index contributed by atoms with van der Waals surface area (Å²) in [4.78, 5) is 15.6. The first-order chi connectivity index (χ1) is 11.2. The van der Waals surface area contributed by atoms with E-state index in [1.165, 1.54) is 12.8 Å². The Morgan fingerprint density at radius 3 is 3.09 bits per heavy atom. The van der Waals surface area contributed by atoms with Crippen molar-refractivity contribution in [3.63, 3.8) is 0 Å². The molecule has 0 N–H and O–H groups in total. The number of nitrogens with zero attached hydrogens (tertiary/aromatic N) is 1. The van der Waals surface area contributed by atoms with E-state index in [0.717, 1.165) is 36.4 Å². The highest BCUT2D eigenvalue weighted by molar-refractivity contribution is 7.10. The van der Waals surface area contributed by atoms with Gasteiger partial charge in [0.25, 0.3) is 0 Å². The predicted octanol–water partition coefficient (Wildman–Crippen LogP) is 3.22. The van der Waals surface area contributed by atoms with Crippen molar-refractivity contribution in [3.05, 3.63) is 34.0 Å². The second kappa shape index (κ2) is 5.81. The molecule has 4 heteroatoms. The maximum Gasteiger partial charge on any atom is 0.331 e. The second-order valence-electron chi connectivity index (χ2n) is 6.76. The Morgan fingerprint density at radius 1 is 1.35 bits per heavy atom. The normalized spacial score (nSPS) is 33.6. The van der Waals surface area contributed by atoms with Crippen molar-refractivity contribution in [1.29, 1.82) is 0 Å². The van der Waals surface area contributed by atoms with Gasteiger partial charge >= 0.3 is 5.97 Å². The van der Waals surface area contributed by atoms with Crippen molar-refractivity contribution in [3.8, 4) is 11.8 Å². The topological polar surface area (TPSA) is 29.5 Å². The first kappa shape index (κ1) is 15.0. The van der Waals surface area contributed by atoms with E-state index in [1.807, 2.05) is 17.5 Å². The van der Waals surface area contributed by atoms with Gasteiger partial charge in [-0.15, -0.1) is 11.3 Å². The first-order valence-corrected chi connectivity index (χ1v) is 9.29. The average molecular weight is 327 g/mol. The second-order valence-corrected chi connectivity index (χ2v) is 7.71. The highest BCUT2D eigenvalue weighted by Crippen LogP contribution is 2.44. The summed E-state index contributed by atoms with van der Waals surface area (Å²) in [6.07, 6.45) is 6.25. The van der Waals surface area contributed by atoms with Crippen molar-refractivity contribution in [2.24, 2.45) is 5.92 Å². The van der Waals surface area contributed by atoms with E-state index >= 15 is 0 Å². The maximum absolute atomic E-state index is 12.0. The third-order valence-corrected chi connectivity index (χ3v) is 6.17. The lowest BCUT2D eigenvalue weighted by atomic mass is 9.79. The summed E-state index contributed by atoms with van der Waals surface area (Å²) in [5.41, 5.74) is 0.601. The molecule has 0 amide bonds. The van der Waals surface area contributed by atoms with Gasteiger partial charge in [-0.05, 0) is 49.8 Å².